The second-order valence-electron chi connectivity index (χ2n) is 5.34. The number of aromatic nitrogens is 2. The van der Waals surface area contributed by atoms with Gasteiger partial charge in [0.15, 0.2) is 0 Å². The second kappa shape index (κ2) is 5.42. The number of para-hydroxylation sites is 1. The molecule has 2 heterocycles. The largest absolute Gasteiger partial charge is 0.422 e. The summed E-state index contributed by atoms with van der Waals surface area (Å²) in [5, 5.41) is 4.50. The predicted octanol–water partition coefficient (Wildman–Crippen LogP) is 3.96. The van der Waals surface area contributed by atoms with E-state index in [0.29, 0.717) is 5.58 Å². The lowest BCUT2D eigenvalue weighted by Gasteiger charge is -2.01. The number of nitrogens with zero attached hydrogens (tertiary/aromatic N) is 2. The SMILES string of the molecule is Cc1cccc2cc(-c3nc(-c4ccccc4F)no3)c(=O)oc12. The number of halogens is 1. The van der Waals surface area contributed by atoms with Crippen molar-refractivity contribution in [2.75, 3.05) is 0 Å². The Morgan fingerprint density at radius 1 is 1.04 bits per heavy atom. The summed E-state index contributed by atoms with van der Waals surface area (Å²) >= 11 is 0. The Morgan fingerprint density at radius 3 is 2.71 bits per heavy atom. The van der Waals surface area contributed by atoms with Gasteiger partial charge in [0, 0.05) is 5.39 Å². The molecule has 2 aromatic carbocycles. The van der Waals surface area contributed by atoms with Crippen LogP contribution in [-0.2, 0) is 0 Å². The van der Waals surface area contributed by atoms with Crippen LogP contribution in [0.4, 0.5) is 4.39 Å². The molecular formula is C18H11FN2O3. The molecule has 0 amide bonds. The van der Waals surface area contributed by atoms with E-state index in [-0.39, 0.29) is 22.8 Å². The van der Waals surface area contributed by atoms with E-state index in [2.05, 4.69) is 10.1 Å². The molecule has 0 N–H and O–H groups in total. The van der Waals surface area contributed by atoms with Crippen LogP contribution in [-0.4, -0.2) is 10.1 Å². The van der Waals surface area contributed by atoms with Crippen LogP contribution in [0.2, 0.25) is 0 Å². The maximum absolute atomic E-state index is 13.8. The Labute approximate surface area is 135 Å². The molecule has 0 radical (unpaired) electrons. The number of fused-ring (bicyclic) bond motifs is 1. The molecule has 6 heteroatoms. The Bertz CT molecular complexity index is 1110. The van der Waals surface area contributed by atoms with Gasteiger partial charge in [-0.15, -0.1) is 0 Å². The van der Waals surface area contributed by atoms with Gasteiger partial charge in [0.25, 0.3) is 5.89 Å². The molecule has 118 valence electrons. The van der Waals surface area contributed by atoms with Crippen molar-refractivity contribution in [3.05, 3.63) is 70.3 Å². The fourth-order valence-corrected chi connectivity index (χ4v) is 2.52. The van der Waals surface area contributed by atoms with Gasteiger partial charge in [-0.05, 0) is 30.7 Å². The molecule has 0 fully saturated rings. The third-order valence-electron chi connectivity index (χ3n) is 3.73. The molecule has 0 aliphatic rings. The molecule has 4 aromatic rings. The van der Waals surface area contributed by atoms with Gasteiger partial charge in [-0.3, -0.25) is 0 Å². The zero-order valence-corrected chi connectivity index (χ0v) is 12.6. The van der Waals surface area contributed by atoms with Gasteiger partial charge in [-0.2, -0.15) is 4.98 Å². The molecule has 4 rings (SSSR count). The fourth-order valence-electron chi connectivity index (χ4n) is 2.52. The quantitative estimate of drug-likeness (QED) is 0.523. The van der Waals surface area contributed by atoms with Crippen LogP contribution in [0.5, 0.6) is 0 Å². The number of benzene rings is 2. The van der Waals surface area contributed by atoms with Crippen LogP contribution in [0.1, 0.15) is 5.56 Å². The summed E-state index contributed by atoms with van der Waals surface area (Å²) in [6, 6.07) is 13.3. The summed E-state index contributed by atoms with van der Waals surface area (Å²) in [5.41, 5.74) is 1.13. The van der Waals surface area contributed by atoms with Crippen molar-refractivity contribution in [2.45, 2.75) is 6.92 Å². The zero-order chi connectivity index (χ0) is 16.7. The molecule has 0 saturated heterocycles. The lowest BCUT2D eigenvalue weighted by molar-refractivity contribution is 0.429. The first kappa shape index (κ1) is 14.3. The van der Waals surface area contributed by atoms with Crippen molar-refractivity contribution < 1.29 is 13.3 Å². The molecule has 0 bridgehead atoms. The average Bonchev–Trinajstić information content (AvgIpc) is 3.05. The first-order valence-electron chi connectivity index (χ1n) is 7.26. The fraction of sp³-hybridized carbons (Fsp3) is 0.0556. The van der Waals surface area contributed by atoms with Gasteiger partial charge in [-0.25, -0.2) is 9.18 Å². The van der Waals surface area contributed by atoms with E-state index in [4.69, 9.17) is 8.94 Å². The molecular weight excluding hydrogens is 311 g/mol. The van der Waals surface area contributed by atoms with Gasteiger partial charge >= 0.3 is 5.63 Å². The zero-order valence-electron chi connectivity index (χ0n) is 12.6. The number of aryl methyl sites for hydroxylation is 1. The number of rotatable bonds is 2. The third-order valence-corrected chi connectivity index (χ3v) is 3.73. The van der Waals surface area contributed by atoms with Crippen LogP contribution in [0.3, 0.4) is 0 Å². The van der Waals surface area contributed by atoms with Gasteiger partial charge in [0.2, 0.25) is 5.82 Å². The topological polar surface area (TPSA) is 69.1 Å². The highest BCUT2D eigenvalue weighted by molar-refractivity contribution is 5.82. The summed E-state index contributed by atoms with van der Waals surface area (Å²) in [6.45, 7) is 1.86. The average molecular weight is 322 g/mol. The van der Waals surface area contributed by atoms with Gasteiger partial charge in [0.1, 0.15) is 17.0 Å². The van der Waals surface area contributed by atoms with Crippen LogP contribution < -0.4 is 5.63 Å². The van der Waals surface area contributed by atoms with E-state index in [1.165, 1.54) is 12.1 Å². The highest BCUT2D eigenvalue weighted by Crippen LogP contribution is 2.25. The highest BCUT2D eigenvalue weighted by Gasteiger charge is 2.18. The minimum Gasteiger partial charge on any atom is -0.422 e. The molecule has 24 heavy (non-hydrogen) atoms. The van der Waals surface area contributed by atoms with Crippen molar-refractivity contribution in [2.24, 2.45) is 0 Å². The van der Waals surface area contributed by atoms with E-state index < -0.39 is 11.4 Å². The molecule has 0 spiro atoms. The lowest BCUT2D eigenvalue weighted by Crippen LogP contribution is -2.03. The van der Waals surface area contributed by atoms with Crippen LogP contribution in [0, 0.1) is 12.7 Å². The van der Waals surface area contributed by atoms with E-state index >= 15 is 0 Å². The van der Waals surface area contributed by atoms with Crippen LogP contribution in [0.15, 0.2) is 62.3 Å². The Hall–Kier alpha value is -3.28. The van der Waals surface area contributed by atoms with E-state index in [0.717, 1.165) is 10.9 Å². The molecule has 2 aromatic heterocycles. The summed E-state index contributed by atoms with van der Waals surface area (Å²) in [4.78, 5) is 16.4. The lowest BCUT2D eigenvalue weighted by atomic mass is 10.1. The normalized spacial score (nSPS) is 11.1. The van der Waals surface area contributed by atoms with Crippen molar-refractivity contribution >= 4 is 11.0 Å². The van der Waals surface area contributed by atoms with Gasteiger partial charge < -0.3 is 8.94 Å². The minimum atomic E-state index is -0.583. The van der Waals surface area contributed by atoms with Crippen molar-refractivity contribution in [3.8, 4) is 22.8 Å². The molecule has 0 atom stereocenters. The first-order chi connectivity index (χ1) is 11.6. The van der Waals surface area contributed by atoms with Gasteiger partial charge in [0.05, 0.1) is 5.56 Å². The summed E-state index contributed by atoms with van der Waals surface area (Å²) in [6.07, 6.45) is 0. The minimum absolute atomic E-state index is 0.00888. The van der Waals surface area contributed by atoms with Crippen molar-refractivity contribution in [3.63, 3.8) is 0 Å². The molecule has 0 unspecified atom stereocenters. The highest BCUT2D eigenvalue weighted by atomic mass is 19.1. The second-order valence-corrected chi connectivity index (χ2v) is 5.34. The van der Waals surface area contributed by atoms with E-state index in [1.807, 2.05) is 25.1 Å². The Kier molecular flexibility index (Phi) is 3.23. The van der Waals surface area contributed by atoms with Crippen molar-refractivity contribution in [1.29, 1.82) is 0 Å². The molecule has 0 aliphatic heterocycles. The summed E-state index contributed by atoms with van der Waals surface area (Å²) < 4.78 is 24.3. The summed E-state index contributed by atoms with van der Waals surface area (Å²) in [5.74, 6) is -0.400. The van der Waals surface area contributed by atoms with Crippen LogP contribution >= 0.6 is 0 Å². The summed E-state index contributed by atoms with van der Waals surface area (Å²) in [7, 11) is 0. The number of hydrogen-bond acceptors (Lipinski definition) is 5. The monoisotopic (exact) mass is 322 g/mol. The smallest absolute Gasteiger partial charge is 0.349 e. The van der Waals surface area contributed by atoms with E-state index in [9.17, 15) is 9.18 Å². The molecule has 5 nitrogen and oxygen atoms in total. The Morgan fingerprint density at radius 2 is 1.88 bits per heavy atom. The maximum atomic E-state index is 13.8. The molecule has 0 saturated carbocycles. The predicted molar refractivity (Wildman–Crippen MR) is 85.9 cm³/mol. The van der Waals surface area contributed by atoms with Crippen LogP contribution in [0.25, 0.3) is 33.8 Å². The van der Waals surface area contributed by atoms with Gasteiger partial charge in [-0.1, -0.05) is 35.5 Å². The first-order valence-corrected chi connectivity index (χ1v) is 7.26. The maximum Gasteiger partial charge on any atom is 0.349 e. The molecule has 0 aliphatic carbocycles. The third kappa shape index (κ3) is 2.28. The Balaban J connectivity index is 1.86. The number of hydrogen-bond donors (Lipinski definition) is 0. The standard InChI is InChI=1S/C18H11FN2O3/c1-10-5-4-6-11-9-13(18(22)23-15(10)11)17-20-16(21-24-17)12-7-2-3-8-14(12)19/h2-9H,1H3. The van der Waals surface area contributed by atoms with E-state index in [1.54, 1.807) is 18.2 Å². The van der Waals surface area contributed by atoms with Crippen molar-refractivity contribution in [1.82, 2.24) is 10.1 Å².